The molecule has 2 heterocycles. The van der Waals surface area contributed by atoms with Crippen LogP contribution in [0.1, 0.15) is 51.4 Å². The largest absolute Gasteiger partial charge is 0.341 e. The number of Topliss-reactive ketones (excluding diaryl/α,β-unsaturated/α-hetero) is 1. The molecule has 4 rings (SSSR count). The van der Waals surface area contributed by atoms with Gasteiger partial charge in [0.25, 0.3) is 23.5 Å². The molecule has 2 N–H and O–H groups in total. The van der Waals surface area contributed by atoms with Gasteiger partial charge in [-0.2, -0.15) is 5.10 Å². The molecule has 0 spiro atoms. The Morgan fingerprint density at radius 2 is 1.81 bits per heavy atom. The normalized spacial score (nSPS) is 17.4. The molecule has 0 bridgehead atoms. The van der Waals surface area contributed by atoms with E-state index in [1.54, 1.807) is 25.6 Å². The Labute approximate surface area is 212 Å². The van der Waals surface area contributed by atoms with E-state index >= 15 is 0 Å². The predicted octanol–water partition coefficient (Wildman–Crippen LogP) is 3.70. The van der Waals surface area contributed by atoms with Crippen molar-refractivity contribution in [1.82, 2.24) is 14.9 Å². The minimum Gasteiger partial charge on any atom is -0.341 e. The molecule has 2 amide bonds. The average molecular weight is 516 g/mol. The van der Waals surface area contributed by atoms with Gasteiger partial charge in [0.05, 0.1) is 22.5 Å². The van der Waals surface area contributed by atoms with Gasteiger partial charge in [-0.15, -0.1) is 0 Å². The van der Waals surface area contributed by atoms with Crippen molar-refractivity contribution in [3.05, 3.63) is 65.3 Å². The first-order valence-corrected chi connectivity index (χ1v) is 11.8. The van der Waals surface area contributed by atoms with Gasteiger partial charge in [0, 0.05) is 44.9 Å². The molecule has 1 aliphatic carbocycles. The maximum atomic E-state index is 14.0. The van der Waals surface area contributed by atoms with Gasteiger partial charge in [0.15, 0.2) is 0 Å². The van der Waals surface area contributed by atoms with Crippen LogP contribution in [0.4, 0.5) is 18.9 Å². The van der Waals surface area contributed by atoms with Crippen molar-refractivity contribution in [2.24, 2.45) is 5.10 Å². The van der Waals surface area contributed by atoms with Crippen LogP contribution in [0.25, 0.3) is 0 Å². The second kappa shape index (κ2) is 9.53. The summed E-state index contributed by atoms with van der Waals surface area (Å²) >= 11 is 0. The molecule has 0 unspecified atom stereocenters. The molecule has 1 aromatic carbocycles. The molecule has 1 aliphatic heterocycles. The second-order valence-corrected chi connectivity index (χ2v) is 9.62. The number of rotatable bonds is 8. The number of carbonyl (C=O) groups excluding carboxylic acids is 3. The number of hydrogen-bond acceptors (Lipinski definition) is 5. The highest BCUT2D eigenvalue weighted by molar-refractivity contribution is 6.43. The molecule has 0 atom stereocenters. The van der Waals surface area contributed by atoms with Crippen LogP contribution in [0.5, 0.6) is 0 Å². The van der Waals surface area contributed by atoms with Gasteiger partial charge >= 0.3 is 0 Å². The summed E-state index contributed by atoms with van der Waals surface area (Å²) in [5.74, 6) is -5.95. The van der Waals surface area contributed by atoms with E-state index in [1.165, 1.54) is 35.4 Å². The highest BCUT2D eigenvalue weighted by Crippen LogP contribution is 2.47. The SMILES string of the molecule is C=C/C(=N\N(C)C)C1(NC(=O)C(=O)c2c(C)c(C(=O)Nc3ccc(F)cc3)c3n2CCC3)CC(F)(F)C1. The van der Waals surface area contributed by atoms with Crippen LogP contribution in [0.2, 0.25) is 0 Å². The van der Waals surface area contributed by atoms with Crippen molar-refractivity contribution >= 4 is 29.0 Å². The van der Waals surface area contributed by atoms with Crippen molar-refractivity contribution in [3.63, 3.8) is 0 Å². The number of ketones is 1. The topological polar surface area (TPSA) is 95.8 Å². The number of hydrazone groups is 1. The number of amides is 2. The summed E-state index contributed by atoms with van der Waals surface area (Å²) in [6.45, 7) is 5.63. The first kappa shape index (κ1) is 26.2. The molecule has 0 saturated heterocycles. The van der Waals surface area contributed by atoms with Crippen LogP contribution in [-0.2, 0) is 17.8 Å². The standard InChI is InChI=1S/C26H28F3N5O3/c1-5-19(32-33(3)4)25(13-26(28,29)14-25)31-24(37)22(35)21-15(2)20(18-7-6-12-34(18)21)23(36)30-17-10-8-16(27)9-11-17/h5,8-11H,1,6-7,12-14H2,2-4H3,(H,30,36)(H,31,37)/b32-19+. The smallest absolute Gasteiger partial charge is 0.294 e. The van der Waals surface area contributed by atoms with Crippen LogP contribution < -0.4 is 10.6 Å². The van der Waals surface area contributed by atoms with Crippen LogP contribution in [0, 0.1) is 12.7 Å². The third-order valence-corrected chi connectivity index (χ3v) is 6.63. The lowest BCUT2D eigenvalue weighted by molar-refractivity contribution is -0.132. The highest BCUT2D eigenvalue weighted by atomic mass is 19.3. The Balaban J connectivity index is 1.64. The first-order chi connectivity index (χ1) is 17.4. The van der Waals surface area contributed by atoms with Gasteiger partial charge in [-0.1, -0.05) is 6.58 Å². The maximum absolute atomic E-state index is 14.0. The van der Waals surface area contributed by atoms with Crippen molar-refractivity contribution < 1.29 is 27.6 Å². The van der Waals surface area contributed by atoms with Gasteiger partial charge in [0.1, 0.15) is 5.82 Å². The maximum Gasteiger partial charge on any atom is 0.294 e. The van der Waals surface area contributed by atoms with Gasteiger partial charge in [0.2, 0.25) is 0 Å². The molecule has 8 nitrogen and oxygen atoms in total. The number of halogens is 3. The molecular weight excluding hydrogens is 487 g/mol. The molecule has 1 fully saturated rings. The molecule has 1 saturated carbocycles. The van der Waals surface area contributed by atoms with Crippen molar-refractivity contribution in [1.29, 1.82) is 0 Å². The Morgan fingerprint density at radius 3 is 2.38 bits per heavy atom. The Kier molecular flexibility index (Phi) is 6.74. The summed E-state index contributed by atoms with van der Waals surface area (Å²) in [5, 5.41) is 10.8. The number of anilines is 1. The molecule has 2 aromatic rings. The van der Waals surface area contributed by atoms with Crippen LogP contribution in [-0.4, -0.2) is 58.4 Å². The minimum atomic E-state index is -3.02. The Hall–Kier alpha value is -3.89. The summed E-state index contributed by atoms with van der Waals surface area (Å²) in [7, 11) is 3.21. The van der Waals surface area contributed by atoms with Gasteiger partial charge in [-0.05, 0) is 55.7 Å². The number of fused-ring (bicyclic) bond motifs is 1. The van der Waals surface area contributed by atoms with Gasteiger partial charge in [-0.25, -0.2) is 13.2 Å². The molecular formula is C26H28F3N5O3. The third-order valence-electron chi connectivity index (χ3n) is 6.63. The van der Waals surface area contributed by atoms with E-state index in [2.05, 4.69) is 22.3 Å². The monoisotopic (exact) mass is 515 g/mol. The van der Waals surface area contributed by atoms with Crippen LogP contribution in [0.15, 0.2) is 42.0 Å². The lowest BCUT2D eigenvalue weighted by Crippen LogP contribution is -2.67. The fraction of sp³-hybridized carbons (Fsp3) is 0.385. The lowest BCUT2D eigenvalue weighted by atomic mass is 9.70. The van der Waals surface area contributed by atoms with Gasteiger partial charge < -0.3 is 20.2 Å². The quantitative estimate of drug-likeness (QED) is 0.243. The van der Waals surface area contributed by atoms with Gasteiger partial charge in [-0.3, -0.25) is 14.4 Å². The summed E-state index contributed by atoms with van der Waals surface area (Å²) in [5.41, 5.74) is 0.191. The van der Waals surface area contributed by atoms with Crippen molar-refractivity contribution in [2.45, 2.75) is 50.6 Å². The summed E-state index contributed by atoms with van der Waals surface area (Å²) in [4.78, 5) is 39.7. The van der Waals surface area contributed by atoms with Crippen molar-refractivity contribution in [2.75, 3.05) is 19.4 Å². The van der Waals surface area contributed by atoms with E-state index in [1.807, 2.05) is 0 Å². The number of aromatic nitrogens is 1. The molecule has 11 heteroatoms. The molecule has 196 valence electrons. The molecule has 2 aliphatic rings. The van der Waals surface area contributed by atoms with E-state index < -0.39 is 47.7 Å². The number of alkyl halides is 2. The summed E-state index contributed by atoms with van der Waals surface area (Å²) < 4.78 is 42.8. The predicted molar refractivity (Wildman–Crippen MR) is 133 cm³/mol. The second-order valence-electron chi connectivity index (χ2n) is 9.62. The lowest BCUT2D eigenvalue weighted by Gasteiger charge is -2.47. The van der Waals surface area contributed by atoms with E-state index in [-0.39, 0.29) is 17.0 Å². The highest BCUT2D eigenvalue weighted by Gasteiger charge is 2.60. The minimum absolute atomic E-state index is 0.0418. The third kappa shape index (κ3) is 4.90. The molecule has 37 heavy (non-hydrogen) atoms. The fourth-order valence-electron chi connectivity index (χ4n) is 5.13. The number of nitrogens with zero attached hydrogens (tertiary/aromatic N) is 3. The average Bonchev–Trinajstić information content (AvgIpc) is 3.36. The van der Waals surface area contributed by atoms with E-state index in [0.717, 1.165) is 0 Å². The number of hydrogen-bond donors (Lipinski definition) is 2. The number of benzene rings is 1. The zero-order valence-corrected chi connectivity index (χ0v) is 20.8. The Bertz CT molecular complexity index is 1300. The first-order valence-electron chi connectivity index (χ1n) is 11.8. The zero-order valence-electron chi connectivity index (χ0n) is 20.8. The fourth-order valence-corrected chi connectivity index (χ4v) is 5.13. The van der Waals surface area contributed by atoms with Crippen molar-refractivity contribution in [3.8, 4) is 0 Å². The van der Waals surface area contributed by atoms with Crippen LogP contribution >= 0.6 is 0 Å². The Morgan fingerprint density at radius 1 is 1.16 bits per heavy atom. The van der Waals surface area contributed by atoms with E-state index in [9.17, 15) is 27.6 Å². The zero-order chi connectivity index (χ0) is 27.1. The van der Waals surface area contributed by atoms with E-state index in [0.29, 0.717) is 36.3 Å². The summed E-state index contributed by atoms with van der Waals surface area (Å²) in [6.07, 6.45) is 1.05. The number of carbonyl (C=O) groups is 3. The number of nitrogens with one attached hydrogen (secondary N) is 2. The van der Waals surface area contributed by atoms with E-state index in [4.69, 9.17) is 0 Å². The summed E-state index contributed by atoms with van der Waals surface area (Å²) in [6, 6.07) is 5.25. The van der Waals surface area contributed by atoms with Crippen LogP contribution in [0.3, 0.4) is 0 Å². The molecule has 1 aromatic heterocycles. The molecule has 0 radical (unpaired) electrons.